The minimum atomic E-state index is -0.557. The standard InChI is InChI=1S/C64H44N2.C2H6/c1-3-49-51(23-15-24-52(49)50-20-8-7-17-42(50)2)45-33-37-47(38-34-45)65(46-35-31-44(32-36-46)43-18-5-4-6-19-43)48-39-40-54-53-21-9-11-26-57(53)64(60(54)41-48)58-27-12-14-30-62(58)66-61-29-13-10-22-55(61)56-25-16-28-59(64)63(56)66;1-2/h3-41H,1H2,2H3;1-2H3. The fraction of sp³-hybridized carbons (Fsp3) is 0.0606. The molecule has 2 heteroatoms. The molecule has 11 aromatic rings. The van der Waals surface area contributed by atoms with Gasteiger partial charge >= 0.3 is 0 Å². The first kappa shape index (κ1) is 41.0. The van der Waals surface area contributed by atoms with Crippen LogP contribution in [0.15, 0.2) is 237 Å². The van der Waals surface area contributed by atoms with Crippen LogP contribution in [0, 0.1) is 6.92 Å². The maximum absolute atomic E-state index is 4.31. The Labute approximate surface area is 399 Å². The highest BCUT2D eigenvalue weighted by atomic mass is 15.1. The summed E-state index contributed by atoms with van der Waals surface area (Å²) in [6.07, 6.45) is 2.01. The third kappa shape index (κ3) is 6.04. The van der Waals surface area contributed by atoms with E-state index in [1.807, 2.05) is 19.9 Å². The van der Waals surface area contributed by atoms with Crippen LogP contribution >= 0.6 is 0 Å². The van der Waals surface area contributed by atoms with Gasteiger partial charge in [-0.3, -0.25) is 0 Å². The quantitative estimate of drug-likeness (QED) is 0.155. The van der Waals surface area contributed by atoms with Crippen LogP contribution in [0.3, 0.4) is 0 Å². The van der Waals surface area contributed by atoms with E-state index >= 15 is 0 Å². The Morgan fingerprint density at radius 3 is 1.72 bits per heavy atom. The minimum absolute atomic E-state index is 0.557. The summed E-state index contributed by atoms with van der Waals surface area (Å²) in [5, 5.41) is 2.56. The molecule has 1 aliphatic carbocycles. The summed E-state index contributed by atoms with van der Waals surface area (Å²) in [7, 11) is 0. The van der Waals surface area contributed by atoms with E-state index in [1.165, 1.54) is 88.7 Å². The molecule has 324 valence electrons. The van der Waals surface area contributed by atoms with Gasteiger partial charge in [-0.25, -0.2) is 0 Å². The van der Waals surface area contributed by atoms with Crippen LogP contribution in [-0.2, 0) is 5.41 Å². The predicted molar refractivity (Wildman–Crippen MR) is 289 cm³/mol. The van der Waals surface area contributed by atoms with Crippen molar-refractivity contribution in [3.05, 3.63) is 270 Å². The molecule has 0 amide bonds. The van der Waals surface area contributed by atoms with Crippen LogP contribution in [0.2, 0.25) is 0 Å². The first-order valence-electron chi connectivity index (χ1n) is 23.9. The molecule has 2 nitrogen and oxygen atoms in total. The second-order valence-electron chi connectivity index (χ2n) is 17.7. The lowest BCUT2D eigenvalue weighted by molar-refractivity contribution is 0.748. The number of hydrogen-bond acceptors (Lipinski definition) is 1. The van der Waals surface area contributed by atoms with Gasteiger partial charge in [-0.2, -0.15) is 0 Å². The predicted octanol–water partition coefficient (Wildman–Crippen LogP) is 17.9. The molecule has 13 rings (SSSR count). The maximum atomic E-state index is 4.31. The van der Waals surface area contributed by atoms with E-state index in [1.54, 1.807) is 0 Å². The van der Waals surface area contributed by atoms with Gasteiger partial charge in [-0.15, -0.1) is 0 Å². The molecule has 0 bridgehead atoms. The van der Waals surface area contributed by atoms with Gasteiger partial charge in [-0.05, 0) is 133 Å². The van der Waals surface area contributed by atoms with Crippen molar-refractivity contribution >= 4 is 44.9 Å². The van der Waals surface area contributed by atoms with Crippen LogP contribution in [0.4, 0.5) is 17.1 Å². The summed E-state index contributed by atoms with van der Waals surface area (Å²) >= 11 is 0. The lowest BCUT2D eigenvalue weighted by Gasteiger charge is -2.40. The van der Waals surface area contributed by atoms with E-state index in [9.17, 15) is 0 Å². The molecule has 68 heavy (non-hydrogen) atoms. The first-order valence-corrected chi connectivity index (χ1v) is 23.9. The second-order valence-corrected chi connectivity index (χ2v) is 17.7. The normalized spacial score (nSPS) is 13.9. The molecule has 0 fully saturated rings. The van der Waals surface area contributed by atoms with Crippen molar-refractivity contribution in [1.29, 1.82) is 0 Å². The van der Waals surface area contributed by atoms with Crippen LogP contribution in [0.25, 0.3) is 78.1 Å². The van der Waals surface area contributed by atoms with Crippen molar-refractivity contribution in [3.8, 4) is 50.2 Å². The van der Waals surface area contributed by atoms with Gasteiger partial charge < -0.3 is 9.47 Å². The van der Waals surface area contributed by atoms with Crippen molar-refractivity contribution in [3.63, 3.8) is 0 Å². The summed E-state index contributed by atoms with van der Waals surface area (Å²) in [4.78, 5) is 2.43. The fourth-order valence-corrected chi connectivity index (χ4v) is 11.5. The molecule has 2 aliphatic rings. The van der Waals surface area contributed by atoms with E-state index in [4.69, 9.17) is 0 Å². The average Bonchev–Trinajstić information content (AvgIpc) is 3.90. The summed E-state index contributed by atoms with van der Waals surface area (Å²) in [6, 6.07) is 85.2. The summed E-state index contributed by atoms with van der Waals surface area (Å²) in [6.45, 7) is 10.5. The van der Waals surface area contributed by atoms with E-state index < -0.39 is 5.41 Å². The lowest BCUT2D eigenvalue weighted by Crippen LogP contribution is -2.33. The number of aryl methyl sites for hydroxylation is 1. The largest absolute Gasteiger partial charge is 0.310 e. The Morgan fingerprint density at radius 1 is 0.412 bits per heavy atom. The number of para-hydroxylation sites is 3. The maximum Gasteiger partial charge on any atom is 0.0755 e. The third-order valence-corrected chi connectivity index (χ3v) is 14.3. The van der Waals surface area contributed by atoms with Gasteiger partial charge in [0.1, 0.15) is 0 Å². The molecule has 0 saturated heterocycles. The summed E-state index contributed by atoms with van der Waals surface area (Å²) < 4.78 is 2.52. The highest BCUT2D eigenvalue weighted by Gasteiger charge is 2.51. The third-order valence-electron chi connectivity index (χ3n) is 14.3. The molecule has 0 saturated carbocycles. The van der Waals surface area contributed by atoms with Crippen molar-refractivity contribution < 1.29 is 0 Å². The molecule has 1 atom stereocenters. The Balaban J connectivity index is 0.00000237. The van der Waals surface area contributed by atoms with Gasteiger partial charge in [-0.1, -0.05) is 208 Å². The number of benzene rings is 10. The lowest BCUT2D eigenvalue weighted by atomic mass is 9.65. The zero-order valence-electron chi connectivity index (χ0n) is 38.6. The first-order chi connectivity index (χ1) is 33.6. The molecule has 0 radical (unpaired) electrons. The molecule has 1 aliphatic heterocycles. The summed E-state index contributed by atoms with van der Waals surface area (Å²) in [5.74, 6) is 0. The molecule has 2 heterocycles. The average molecular weight is 871 g/mol. The molecule has 1 spiro atoms. The highest BCUT2D eigenvalue weighted by molar-refractivity contribution is 6.13. The van der Waals surface area contributed by atoms with Crippen molar-refractivity contribution in [2.24, 2.45) is 0 Å². The van der Waals surface area contributed by atoms with Gasteiger partial charge in [0, 0.05) is 27.8 Å². The monoisotopic (exact) mass is 870 g/mol. The highest BCUT2D eigenvalue weighted by Crippen LogP contribution is 2.61. The minimum Gasteiger partial charge on any atom is -0.310 e. The van der Waals surface area contributed by atoms with E-state index in [0.717, 1.165) is 33.8 Å². The Morgan fingerprint density at radius 2 is 0.956 bits per heavy atom. The smallest absolute Gasteiger partial charge is 0.0755 e. The van der Waals surface area contributed by atoms with Crippen LogP contribution in [-0.4, -0.2) is 4.57 Å². The number of anilines is 3. The zero-order chi connectivity index (χ0) is 45.9. The van der Waals surface area contributed by atoms with E-state index in [2.05, 4.69) is 253 Å². The molecule has 1 aromatic heterocycles. The van der Waals surface area contributed by atoms with E-state index in [0.29, 0.717) is 0 Å². The number of nitrogens with zero attached hydrogens (tertiary/aromatic N) is 2. The molecule has 10 aromatic carbocycles. The summed E-state index contributed by atoms with van der Waals surface area (Å²) in [5.41, 5.74) is 23.7. The van der Waals surface area contributed by atoms with Crippen molar-refractivity contribution in [1.82, 2.24) is 4.57 Å². The molecular formula is C66H50N2. The number of fused-ring (bicyclic) bond motifs is 12. The zero-order valence-corrected chi connectivity index (χ0v) is 38.6. The Bertz CT molecular complexity index is 3720. The number of hydrogen-bond donors (Lipinski definition) is 0. The Kier molecular flexibility index (Phi) is 9.92. The number of aromatic nitrogens is 1. The van der Waals surface area contributed by atoms with Crippen LogP contribution < -0.4 is 4.90 Å². The molecular weight excluding hydrogens is 821 g/mol. The van der Waals surface area contributed by atoms with Gasteiger partial charge in [0.25, 0.3) is 0 Å². The van der Waals surface area contributed by atoms with Gasteiger partial charge in [0.05, 0.1) is 22.1 Å². The van der Waals surface area contributed by atoms with Crippen LogP contribution in [0.1, 0.15) is 47.2 Å². The molecule has 1 unspecified atom stereocenters. The van der Waals surface area contributed by atoms with Crippen LogP contribution in [0.5, 0.6) is 0 Å². The SMILES string of the molecule is C=Cc1c(-c2ccc(N(c3ccc(-c4ccccc4)cc3)c3ccc4c(c3)C3(c5ccccc5-4)c4ccccc4-n4c5ccccc5c5cccc3c54)cc2)cccc1-c1ccccc1C.CC. The van der Waals surface area contributed by atoms with Crippen molar-refractivity contribution in [2.75, 3.05) is 4.90 Å². The number of rotatable bonds is 7. The second kappa shape index (κ2) is 16.5. The van der Waals surface area contributed by atoms with Gasteiger partial charge in [0.2, 0.25) is 0 Å². The van der Waals surface area contributed by atoms with Crippen molar-refractivity contribution in [2.45, 2.75) is 26.2 Å². The topological polar surface area (TPSA) is 8.17 Å². The van der Waals surface area contributed by atoms with E-state index in [-0.39, 0.29) is 0 Å². The Hall–Kier alpha value is -8.46. The fourth-order valence-electron chi connectivity index (χ4n) is 11.5. The van der Waals surface area contributed by atoms with Gasteiger partial charge in [0.15, 0.2) is 0 Å². The molecule has 0 N–H and O–H groups in total.